The summed E-state index contributed by atoms with van der Waals surface area (Å²) in [6, 6.07) is 0. The van der Waals surface area contributed by atoms with Crippen molar-refractivity contribution in [1.82, 2.24) is 0 Å². The van der Waals surface area contributed by atoms with Crippen LogP contribution in [0.3, 0.4) is 0 Å². The van der Waals surface area contributed by atoms with Crippen LogP contribution in [0.1, 0.15) is 112 Å². The number of Topliss-reactive ketones (excluding diaryl/α,β-unsaturated/α-hetero) is 1. The molecular formula is C27H45BrO. The van der Waals surface area contributed by atoms with Gasteiger partial charge < -0.3 is 0 Å². The summed E-state index contributed by atoms with van der Waals surface area (Å²) < 4.78 is -0.213. The molecule has 6 unspecified atom stereocenters. The van der Waals surface area contributed by atoms with Crippen LogP contribution in [-0.4, -0.2) is 10.1 Å². The van der Waals surface area contributed by atoms with E-state index in [9.17, 15) is 4.79 Å². The zero-order valence-corrected chi connectivity index (χ0v) is 21.3. The molecule has 0 heterocycles. The molecule has 0 aromatic rings. The summed E-state index contributed by atoms with van der Waals surface area (Å²) in [5.74, 6) is 5.32. The standard InChI is InChI=1S/C27H45BrO/c1-18(2)9-8-10-19(3)21-11-12-22-20-17-24(29)27(28)15-7-6-14-26(27,5)23(20)13-16-25(21,22)4/h18-23H,6-17H2,1-5H3/t19-,20?,21?,22?,23?,25?,26?,27+/m1/s1. The van der Waals surface area contributed by atoms with E-state index in [2.05, 4.69) is 50.5 Å². The molecule has 4 aliphatic carbocycles. The summed E-state index contributed by atoms with van der Waals surface area (Å²) in [7, 11) is 0. The van der Waals surface area contributed by atoms with Crippen molar-refractivity contribution in [1.29, 1.82) is 0 Å². The molecule has 1 nitrogen and oxygen atoms in total. The highest BCUT2D eigenvalue weighted by Gasteiger charge is 2.66. The normalized spacial score (nSPS) is 48.2. The van der Waals surface area contributed by atoms with Crippen LogP contribution in [0.25, 0.3) is 0 Å². The topological polar surface area (TPSA) is 17.1 Å². The predicted octanol–water partition coefficient (Wildman–Crippen LogP) is 8.19. The minimum Gasteiger partial charge on any atom is -0.298 e. The number of ketones is 1. The van der Waals surface area contributed by atoms with Crippen LogP contribution in [0, 0.1) is 46.3 Å². The summed E-state index contributed by atoms with van der Waals surface area (Å²) in [6.45, 7) is 12.4. The quantitative estimate of drug-likeness (QED) is 0.374. The Morgan fingerprint density at radius 1 is 0.966 bits per heavy atom. The van der Waals surface area contributed by atoms with E-state index in [4.69, 9.17) is 0 Å². The van der Waals surface area contributed by atoms with E-state index in [-0.39, 0.29) is 9.74 Å². The minimum atomic E-state index is -0.213. The summed E-state index contributed by atoms with van der Waals surface area (Å²) in [5, 5.41) is 0. The molecule has 0 saturated heterocycles. The van der Waals surface area contributed by atoms with Crippen molar-refractivity contribution in [2.24, 2.45) is 46.3 Å². The SMILES string of the molecule is CC(C)CCC[C@@H](C)C1CCC2C3CC(=O)[C@@]4(Br)CCCCC4(C)C3CCC21C. The van der Waals surface area contributed by atoms with Crippen molar-refractivity contribution in [3.8, 4) is 0 Å². The maximum absolute atomic E-state index is 13.5. The molecule has 2 heteroatoms. The van der Waals surface area contributed by atoms with Crippen molar-refractivity contribution < 1.29 is 4.79 Å². The molecule has 4 fully saturated rings. The molecule has 4 saturated carbocycles. The third-order valence-corrected chi connectivity index (χ3v) is 12.4. The van der Waals surface area contributed by atoms with E-state index in [1.54, 1.807) is 0 Å². The first-order chi connectivity index (χ1) is 13.6. The Kier molecular flexibility index (Phi) is 6.11. The third kappa shape index (κ3) is 3.41. The molecule has 0 N–H and O–H groups in total. The van der Waals surface area contributed by atoms with Crippen molar-refractivity contribution in [3.63, 3.8) is 0 Å². The van der Waals surface area contributed by atoms with Gasteiger partial charge in [-0.05, 0) is 84.9 Å². The van der Waals surface area contributed by atoms with Gasteiger partial charge in [-0.2, -0.15) is 0 Å². The lowest BCUT2D eigenvalue weighted by atomic mass is 9.44. The molecule has 0 spiro atoms. The van der Waals surface area contributed by atoms with E-state index in [1.165, 1.54) is 64.2 Å². The highest BCUT2D eigenvalue weighted by Crippen LogP contribution is 2.70. The molecular weight excluding hydrogens is 420 g/mol. The Hall–Kier alpha value is 0.150. The average Bonchev–Trinajstić information content (AvgIpc) is 3.01. The lowest BCUT2D eigenvalue weighted by Crippen LogP contribution is -2.62. The molecule has 4 rings (SSSR count). The Balaban J connectivity index is 1.53. The summed E-state index contributed by atoms with van der Waals surface area (Å²) in [6.07, 6.45) is 15.5. The smallest absolute Gasteiger partial charge is 0.150 e. The molecule has 0 aliphatic heterocycles. The van der Waals surface area contributed by atoms with E-state index in [1.807, 2.05) is 0 Å². The van der Waals surface area contributed by atoms with E-state index < -0.39 is 0 Å². The fourth-order valence-electron chi connectivity index (χ4n) is 9.05. The molecule has 8 atom stereocenters. The van der Waals surface area contributed by atoms with Gasteiger partial charge >= 0.3 is 0 Å². The van der Waals surface area contributed by atoms with Gasteiger partial charge in [0.1, 0.15) is 5.78 Å². The lowest BCUT2D eigenvalue weighted by Gasteiger charge is -2.63. The number of halogens is 1. The number of hydrogen-bond acceptors (Lipinski definition) is 1. The zero-order valence-electron chi connectivity index (χ0n) is 19.7. The zero-order chi connectivity index (χ0) is 21.0. The van der Waals surface area contributed by atoms with Crippen molar-refractivity contribution in [2.75, 3.05) is 0 Å². The van der Waals surface area contributed by atoms with Gasteiger partial charge in [0.2, 0.25) is 0 Å². The average molecular weight is 466 g/mol. The van der Waals surface area contributed by atoms with Gasteiger partial charge in [-0.1, -0.05) is 82.7 Å². The molecule has 0 bridgehead atoms. The van der Waals surface area contributed by atoms with Crippen LogP contribution >= 0.6 is 15.9 Å². The monoisotopic (exact) mass is 464 g/mol. The van der Waals surface area contributed by atoms with E-state index in [0.29, 0.717) is 17.1 Å². The van der Waals surface area contributed by atoms with Gasteiger partial charge in [-0.25, -0.2) is 0 Å². The Morgan fingerprint density at radius 2 is 1.69 bits per heavy atom. The molecule has 0 radical (unpaired) electrons. The molecule has 0 aromatic heterocycles. The second-order valence-electron chi connectivity index (χ2n) is 12.5. The molecule has 0 aromatic carbocycles. The number of alkyl halides is 1. The first kappa shape index (κ1) is 22.3. The van der Waals surface area contributed by atoms with Crippen LogP contribution in [0.5, 0.6) is 0 Å². The van der Waals surface area contributed by atoms with Crippen molar-refractivity contribution in [2.45, 2.75) is 116 Å². The minimum absolute atomic E-state index is 0.188. The molecule has 0 amide bonds. The number of carbonyl (C=O) groups excluding carboxylic acids is 1. The van der Waals surface area contributed by atoms with Crippen molar-refractivity contribution in [3.05, 3.63) is 0 Å². The largest absolute Gasteiger partial charge is 0.298 e. The summed E-state index contributed by atoms with van der Waals surface area (Å²) in [4.78, 5) is 13.5. The van der Waals surface area contributed by atoms with Gasteiger partial charge in [-0.15, -0.1) is 0 Å². The summed E-state index contributed by atoms with van der Waals surface area (Å²) >= 11 is 4.07. The third-order valence-electron chi connectivity index (χ3n) is 10.7. The first-order valence-electron chi connectivity index (χ1n) is 12.9. The van der Waals surface area contributed by atoms with E-state index >= 15 is 0 Å². The lowest BCUT2D eigenvalue weighted by molar-refractivity contribution is -0.148. The predicted molar refractivity (Wildman–Crippen MR) is 126 cm³/mol. The Labute approximate surface area is 188 Å². The Morgan fingerprint density at radius 3 is 2.41 bits per heavy atom. The number of fused-ring (bicyclic) bond motifs is 5. The van der Waals surface area contributed by atoms with Gasteiger partial charge in [0.25, 0.3) is 0 Å². The molecule has 29 heavy (non-hydrogen) atoms. The highest BCUT2D eigenvalue weighted by atomic mass is 79.9. The summed E-state index contributed by atoms with van der Waals surface area (Å²) in [5.41, 5.74) is 0.670. The first-order valence-corrected chi connectivity index (χ1v) is 13.6. The van der Waals surface area contributed by atoms with Gasteiger partial charge in [0, 0.05) is 6.42 Å². The maximum atomic E-state index is 13.5. The maximum Gasteiger partial charge on any atom is 0.150 e. The number of rotatable bonds is 5. The second-order valence-corrected chi connectivity index (χ2v) is 13.8. The van der Waals surface area contributed by atoms with Crippen LogP contribution in [0.15, 0.2) is 0 Å². The fraction of sp³-hybridized carbons (Fsp3) is 0.963. The number of carbonyl (C=O) groups is 1. The fourth-order valence-corrected chi connectivity index (χ4v) is 9.98. The van der Waals surface area contributed by atoms with Gasteiger partial charge in [-0.3, -0.25) is 4.79 Å². The van der Waals surface area contributed by atoms with Gasteiger partial charge in [0.05, 0.1) is 4.32 Å². The van der Waals surface area contributed by atoms with E-state index in [0.717, 1.165) is 42.4 Å². The molecule has 166 valence electrons. The van der Waals surface area contributed by atoms with Gasteiger partial charge in [0.15, 0.2) is 0 Å². The van der Waals surface area contributed by atoms with Crippen LogP contribution in [-0.2, 0) is 4.79 Å². The molecule has 4 aliphatic rings. The van der Waals surface area contributed by atoms with Crippen LogP contribution in [0.4, 0.5) is 0 Å². The second kappa shape index (κ2) is 7.93. The van der Waals surface area contributed by atoms with Crippen LogP contribution in [0.2, 0.25) is 0 Å². The van der Waals surface area contributed by atoms with Crippen LogP contribution < -0.4 is 0 Å². The van der Waals surface area contributed by atoms with Crippen molar-refractivity contribution >= 4 is 21.7 Å². The highest BCUT2D eigenvalue weighted by molar-refractivity contribution is 9.10. The number of hydrogen-bond donors (Lipinski definition) is 0. The Bertz CT molecular complexity index is 628.